The number of esters is 1. The van der Waals surface area contributed by atoms with Gasteiger partial charge in [-0.1, -0.05) is 0 Å². The molecule has 1 aliphatic rings. The van der Waals surface area contributed by atoms with Crippen molar-refractivity contribution in [3.63, 3.8) is 0 Å². The Morgan fingerprint density at radius 2 is 2.17 bits per heavy atom. The third-order valence-electron chi connectivity index (χ3n) is 3.72. The summed E-state index contributed by atoms with van der Waals surface area (Å²) in [6.07, 6.45) is 3.56. The Kier molecular flexibility index (Phi) is 2.58. The Labute approximate surface area is 104 Å². The molecule has 18 heavy (non-hydrogen) atoms. The van der Waals surface area contributed by atoms with Crippen LogP contribution in [0.2, 0.25) is 0 Å². The normalized spacial score (nSPS) is 22.8. The van der Waals surface area contributed by atoms with E-state index in [0.717, 1.165) is 23.7 Å². The zero-order valence-electron chi connectivity index (χ0n) is 10.1. The molecule has 1 aromatic carbocycles. The Morgan fingerprint density at radius 3 is 2.89 bits per heavy atom. The van der Waals surface area contributed by atoms with Crippen molar-refractivity contribution in [1.82, 2.24) is 4.57 Å². The second-order valence-corrected chi connectivity index (χ2v) is 4.77. The molecule has 94 valence electrons. The number of halogens is 1. The van der Waals surface area contributed by atoms with E-state index in [1.165, 1.54) is 19.2 Å². The number of carbonyl (C=O) groups is 1. The van der Waals surface area contributed by atoms with Crippen LogP contribution >= 0.6 is 0 Å². The summed E-state index contributed by atoms with van der Waals surface area (Å²) >= 11 is 0. The molecule has 0 bridgehead atoms. The number of nitrogens with zero attached hydrogens (tertiary/aromatic N) is 1. The van der Waals surface area contributed by atoms with Crippen LogP contribution in [-0.4, -0.2) is 17.6 Å². The van der Waals surface area contributed by atoms with Gasteiger partial charge < -0.3 is 9.30 Å². The Bertz CT molecular complexity index is 599. The molecule has 1 heterocycles. The highest BCUT2D eigenvalue weighted by Crippen LogP contribution is 2.40. The molecule has 1 fully saturated rings. The van der Waals surface area contributed by atoms with E-state index in [1.54, 1.807) is 6.07 Å². The quantitative estimate of drug-likeness (QED) is 0.764. The summed E-state index contributed by atoms with van der Waals surface area (Å²) in [5, 5.41) is 0.900. The summed E-state index contributed by atoms with van der Waals surface area (Å²) in [6.45, 7) is 0. The maximum Gasteiger partial charge on any atom is 0.308 e. The Hall–Kier alpha value is -1.84. The maximum absolute atomic E-state index is 13.1. The van der Waals surface area contributed by atoms with E-state index >= 15 is 0 Å². The monoisotopic (exact) mass is 247 g/mol. The summed E-state index contributed by atoms with van der Waals surface area (Å²) in [4.78, 5) is 11.3. The first kappa shape index (κ1) is 11.3. The topological polar surface area (TPSA) is 31.2 Å². The standard InChI is InChI=1S/C14H14FNO2/c1-18-14(17)10-7-12(8-10)16-5-4-9-6-11(15)2-3-13(9)16/h2-6,10,12H,7-8H2,1H3. The maximum atomic E-state index is 13.1. The van der Waals surface area contributed by atoms with Crippen molar-refractivity contribution < 1.29 is 13.9 Å². The largest absolute Gasteiger partial charge is 0.469 e. The molecular formula is C14H14FNO2. The lowest BCUT2D eigenvalue weighted by Crippen LogP contribution is -2.32. The highest BCUT2D eigenvalue weighted by atomic mass is 19.1. The van der Waals surface area contributed by atoms with E-state index in [-0.39, 0.29) is 17.7 Å². The molecule has 0 unspecified atom stereocenters. The molecule has 1 saturated carbocycles. The van der Waals surface area contributed by atoms with E-state index < -0.39 is 0 Å². The number of methoxy groups -OCH3 is 1. The molecule has 4 heteroatoms. The highest BCUT2D eigenvalue weighted by molar-refractivity contribution is 5.80. The minimum atomic E-state index is -0.221. The van der Waals surface area contributed by atoms with Crippen molar-refractivity contribution in [2.45, 2.75) is 18.9 Å². The zero-order valence-corrected chi connectivity index (χ0v) is 10.1. The van der Waals surface area contributed by atoms with Gasteiger partial charge in [0.15, 0.2) is 0 Å². The molecule has 1 aromatic heterocycles. The molecule has 0 saturated heterocycles. The number of ether oxygens (including phenoxy) is 1. The molecule has 0 radical (unpaired) electrons. The molecule has 0 spiro atoms. The predicted molar refractivity (Wildman–Crippen MR) is 65.7 cm³/mol. The van der Waals surface area contributed by atoms with Crippen LogP contribution in [0.3, 0.4) is 0 Å². The van der Waals surface area contributed by atoms with E-state index in [2.05, 4.69) is 4.57 Å². The average Bonchev–Trinajstić information content (AvgIpc) is 2.70. The van der Waals surface area contributed by atoms with Crippen LogP contribution in [0.4, 0.5) is 4.39 Å². The first-order valence-corrected chi connectivity index (χ1v) is 6.03. The number of carbonyl (C=O) groups excluding carboxylic acids is 1. The van der Waals surface area contributed by atoms with Gasteiger partial charge in [-0.25, -0.2) is 4.39 Å². The second kappa shape index (κ2) is 4.12. The van der Waals surface area contributed by atoms with Crippen LogP contribution in [-0.2, 0) is 9.53 Å². The van der Waals surface area contributed by atoms with Crippen molar-refractivity contribution >= 4 is 16.9 Å². The van der Waals surface area contributed by atoms with Gasteiger partial charge in [-0.05, 0) is 37.1 Å². The minimum Gasteiger partial charge on any atom is -0.469 e. The molecule has 3 rings (SSSR count). The van der Waals surface area contributed by atoms with E-state index in [4.69, 9.17) is 4.74 Å². The molecule has 0 amide bonds. The van der Waals surface area contributed by atoms with E-state index in [1.807, 2.05) is 12.3 Å². The third kappa shape index (κ3) is 1.68. The molecule has 3 nitrogen and oxygen atoms in total. The molecular weight excluding hydrogens is 233 g/mol. The second-order valence-electron chi connectivity index (χ2n) is 4.77. The van der Waals surface area contributed by atoms with Gasteiger partial charge in [-0.3, -0.25) is 4.79 Å². The summed E-state index contributed by atoms with van der Waals surface area (Å²) in [7, 11) is 1.42. The molecule has 0 N–H and O–H groups in total. The highest BCUT2D eigenvalue weighted by Gasteiger charge is 2.36. The average molecular weight is 247 g/mol. The van der Waals surface area contributed by atoms with Crippen LogP contribution in [0, 0.1) is 11.7 Å². The number of hydrogen-bond acceptors (Lipinski definition) is 2. The minimum absolute atomic E-state index is 0.0119. The number of aromatic nitrogens is 1. The van der Waals surface area contributed by atoms with Gasteiger partial charge >= 0.3 is 5.97 Å². The van der Waals surface area contributed by atoms with Crippen LogP contribution < -0.4 is 0 Å². The number of fused-ring (bicyclic) bond motifs is 1. The van der Waals surface area contributed by atoms with Gasteiger partial charge in [0.25, 0.3) is 0 Å². The summed E-state index contributed by atoms with van der Waals surface area (Å²) in [6, 6.07) is 7.01. The summed E-state index contributed by atoms with van der Waals surface area (Å²) in [5.41, 5.74) is 1.02. The van der Waals surface area contributed by atoms with E-state index in [9.17, 15) is 9.18 Å². The molecule has 0 aliphatic heterocycles. The number of hydrogen-bond donors (Lipinski definition) is 0. The number of rotatable bonds is 2. The molecule has 2 aromatic rings. The van der Waals surface area contributed by atoms with Gasteiger partial charge in [0.2, 0.25) is 0 Å². The van der Waals surface area contributed by atoms with Crippen molar-refractivity contribution in [2.24, 2.45) is 5.92 Å². The summed E-state index contributed by atoms with van der Waals surface area (Å²) < 4.78 is 19.9. The fraction of sp³-hybridized carbons (Fsp3) is 0.357. The zero-order chi connectivity index (χ0) is 12.7. The predicted octanol–water partition coefficient (Wildman–Crippen LogP) is 2.90. The van der Waals surface area contributed by atoms with Gasteiger partial charge in [-0.15, -0.1) is 0 Å². The SMILES string of the molecule is COC(=O)C1CC(n2ccc3cc(F)ccc32)C1. The lowest BCUT2D eigenvalue weighted by Gasteiger charge is -2.34. The van der Waals surface area contributed by atoms with Crippen LogP contribution in [0.1, 0.15) is 18.9 Å². The van der Waals surface area contributed by atoms with Crippen molar-refractivity contribution in [3.8, 4) is 0 Å². The lowest BCUT2D eigenvalue weighted by atomic mass is 9.80. The van der Waals surface area contributed by atoms with Crippen LogP contribution in [0.15, 0.2) is 30.5 Å². The van der Waals surface area contributed by atoms with Crippen LogP contribution in [0.25, 0.3) is 10.9 Å². The smallest absolute Gasteiger partial charge is 0.308 e. The fourth-order valence-corrected chi connectivity index (χ4v) is 2.63. The third-order valence-corrected chi connectivity index (χ3v) is 3.72. The Morgan fingerprint density at radius 1 is 1.39 bits per heavy atom. The molecule has 0 atom stereocenters. The van der Waals surface area contributed by atoms with Gasteiger partial charge in [0.1, 0.15) is 5.82 Å². The van der Waals surface area contributed by atoms with Gasteiger partial charge in [0.05, 0.1) is 13.0 Å². The van der Waals surface area contributed by atoms with Gasteiger partial charge in [0, 0.05) is 23.1 Å². The first-order valence-electron chi connectivity index (χ1n) is 6.03. The first-order chi connectivity index (χ1) is 8.69. The fourth-order valence-electron chi connectivity index (χ4n) is 2.63. The van der Waals surface area contributed by atoms with Crippen molar-refractivity contribution in [1.29, 1.82) is 0 Å². The van der Waals surface area contributed by atoms with Crippen LogP contribution in [0.5, 0.6) is 0 Å². The molecule has 1 aliphatic carbocycles. The van der Waals surface area contributed by atoms with Crippen molar-refractivity contribution in [3.05, 3.63) is 36.3 Å². The van der Waals surface area contributed by atoms with E-state index in [0.29, 0.717) is 6.04 Å². The summed E-state index contributed by atoms with van der Waals surface area (Å²) in [5.74, 6) is -0.340. The van der Waals surface area contributed by atoms with Crippen molar-refractivity contribution in [2.75, 3.05) is 7.11 Å². The number of benzene rings is 1. The Balaban J connectivity index is 1.83. The van der Waals surface area contributed by atoms with Gasteiger partial charge in [-0.2, -0.15) is 0 Å². The lowest BCUT2D eigenvalue weighted by molar-refractivity contribution is -0.149.